The van der Waals surface area contributed by atoms with Crippen molar-refractivity contribution in [2.75, 3.05) is 19.6 Å². The van der Waals surface area contributed by atoms with Crippen LogP contribution in [0.5, 0.6) is 0 Å². The van der Waals surface area contributed by atoms with Crippen molar-refractivity contribution >= 4 is 0 Å². The van der Waals surface area contributed by atoms with Crippen LogP contribution in [0.3, 0.4) is 0 Å². The second kappa shape index (κ2) is 5.99. The first-order chi connectivity index (χ1) is 6.05. The summed E-state index contributed by atoms with van der Waals surface area (Å²) in [5.74, 6) is 0. The predicted molar refractivity (Wildman–Crippen MR) is 56.4 cm³/mol. The van der Waals surface area contributed by atoms with Crippen LogP contribution in [0.1, 0.15) is 40.5 Å². The van der Waals surface area contributed by atoms with Crippen LogP contribution in [-0.2, 0) is 0 Å². The predicted octanol–water partition coefficient (Wildman–Crippen LogP) is 2.66. The van der Waals surface area contributed by atoms with Gasteiger partial charge in [-0.1, -0.05) is 13.8 Å². The van der Waals surface area contributed by atoms with Gasteiger partial charge < -0.3 is 4.90 Å². The van der Waals surface area contributed by atoms with Gasteiger partial charge in [-0.2, -0.15) is 5.26 Å². The van der Waals surface area contributed by atoms with E-state index in [0.717, 1.165) is 19.6 Å². The molecular formula is C11H22N2. The van der Waals surface area contributed by atoms with Crippen LogP contribution >= 0.6 is 0 Å². The van der Waals surface area contributed by atoms with E-state index >= 15 is 0 Å². The summed E-state index contributed by atoms with van der Waals surface area (Å²) in [5.41, 5.74) is -0.204. The normalized spacial score (nSPS) is 11.7. The number of hydrogen-bond acceptors (Lipinski definition) is 2. The molecule has 0 heterocycles. The highest BCUT2D eigenvalue weighted by Gasteiger charge is 2.19. The summed E-state index contributed by atoms with van der Waals surface area (Å²) >= 11 is 0. The molecular weight excluding hydrogens is 160 g/mol. The molecule has 0 aliphatic carbocycles. The second-order valence-electron chi connectivity index (χ2n) is 4.27. The van der Waals surface area contributed by atoms with Crippen molar-refractivity contribution in [2.24, 2.45) is 5.41 Å². The zero-order valence-electron chi connectivity index (χ0n) is 9.43. The largest absolute Gasteiger partial charge is 0.302 e. The van der Waals surface area contributed by atoms with Gasteiger partial charge in [-0.05, 0) is 39.8 Å². The molecule has 13 heavy (non-hydrogen) atoms. The van der Waals surface area contributed by atoms with Gasteiger partial charge in [-0.25, -0.2) is 0 Å². The van der Waals surface area contributed by atoms with E-state index in [0.29, 0.717) is 0 Å². The Kier molecular flexibility index (Phi) is 5.73. The van der Waals surface area contributed by atoms with Crippen molar-refractivity contribution in [3.63, 3.8) is 0 Å². The molecule has 0 unspecified atom stereocenters. The first-order valence-corrected chi connectivity index (χ1v) is 5.19. The average Bonchev–Trinajstić information content (AvgIpc) is 2.05. The van der Waals surface area contributed by atoms with Crippen molar-refractivity contribution in [2.45, 2.75) is 40.5 Å². The Labute approximate surface area is 82.5 Å². The Bertz CT molecular complexity index is 161. The van der Waals surface area contributed by atoms with Crippen LogP contribution in [-0.4, -0.2) is 24.5 Å². The highest BCUT2D eigenvalue weighted by molar-refractivity contribution is 4.93. The van der Waals surface area contributed by atoms with Crippen LogP contribution in [0, 0.1) is 16.7 Å². The standard InChI is InChI=1S/C11H22N2/c1-5-7-13(8-6-2)10-11(3,4)9-12/h5-8,10H2,1-4H3. The van der Waals surface area contributed by atoms with E-state index in [1.54, 1.807) is 0 Å². The van der Waals surface area contributed by atoms with E-state index in [4.69, 9.17) is 5.26 Å². The van der Waals surface area contributed by atoms with Gasteiger partial charge in [-0.3, -0.25) is 0 Å². The molecule has 0 aromatic heterocycles. The fourth-order valence-electron chi connectivity index (χ4n) is 1.50. The Hall–Kier alpha value is -0.550. The number of nitrogens with zero attached hydrogens (tertiary/aromatic N) is 2. The lowest BCUT2D eigenvalue weighted by Gasteiger charge is -2.27. The van der Waals surface area contributed by atoms with Crippen molar-refractivity contribution in [1.82, 2.24) is 4.90 Å². The molecule has 2 heteroatoms. The minimum atomic E-state index is -0.204. The van der Waals surface area contributed by atoms with E-state index in [-0.39, 0.29) is 5.41 Å². The van der Waals surface area contributed by atoms with Gasteiger partial charge in [0.05, 0.1) is 11.5 Å². The molecule has 0 amide bonds. The van der Waals surface area contributed by atoms with Crippen molar-refractivity contribution in [1.29, 1.82) is 5.26 Å². The number of rotatable bonds is 6. The summed E-state index contributed by atoms with van der Waals surface area (Å²) in [5, 5.41) is 8.90. The van der Waals surface area contributed by atoms with Crippen molar-refractivity contribution < 1.29 is 0 Å². The summed E-state index contributed by atoms with van der Waals surface area (Å²) < 4.78 is 0. The summed E-state index contributed by atoms with van der Waals surface area (Å²) in [4.78, 5) is 2.38. The zero-order valence-corrected chi connectivity index (χ0v) is 9.43. The smallest absolute Gasteiger partial charge is 0.0697 e. The zero-order chi connectivity index (χ0) is 10.3. The maximum Gasteiger partial charge on any atom is 0.0697 e. The van der Waals surface area contributed by atoms with Crippen molar-refractivity contribution in [3.8, 4) is 6.07 Å². The molecule has 0 radical (unpaired) electrons. The molecule has 0 aromatic rings. The lowest BCUT2D eigenvalue weighted by molar-refractivity contribution is 0.214. The number of nitriles is 1. The summed E-state index contributed by atoms with van der Waals surface area (Å²) in [6, 6.07) is 2.35. The SMILES string of the molecule is CCCN(CCC)CC(C)(C)C#N. The van der Waals surface area contributed by atoms with Gasteiger partial charge in [0.1, 0.15) is 0 Å². The third kappa shape index (κ3) is 5.65. The Morgan fingerprint density at radius 1 is 1.15 bits per heavy atom. The van der Waals surface area contributed by atoms with Gasteiger partial charge in [0.2, 0.25) is 0 Å². The number of hydrogen-bond donors (Lipinski definition) is 0. The van der Waals surface area contributed by atoms with Gasteiger partial charge in [0.15, 0.2) is 0 Å². The molecule has 0 saturated heterocycles. The van der Waals surface area contributed by atoms with Crippen LogP contribution in [0.4, 0.5) is 0 Å². The molecule has 0 aromatic carbocycles. The molecule has 0 saturated carbocycles. The first kappa shape index (κ1) is 12.4. The first-order valence-electron chi connectivity index (χ1n) is 5.19. The maximum atomic E-state index is 8.90. The molecule has 0 spiro atoms. The van der Waals surface area contributed by atoms with E-state index in [1.807, 2.05) is 13.8 Å². The Balaban J connectivity index is 4.02. The molecule has 0 aliphatic heterocycles. The molecule has 0 atom stereocenters. The van der Waals surface area contributed by atoms with E-state index in [1.165, 1.54) is 12.8 Å². The van der Waals surface area contributed by atoms with E-state index in [9.17, 15) is 0 Å². The van der Waals surface area contributed by atoms with Gasteiger partial charge in [-0.15, -0.1) is 0 Å². The average molecular weight is 182 g/mol. The minimum absolute atomic E-state index is 0.204. The van der Waals surface area contributed by atoms with E-state index < -0.39 is 0 Å². The van der Waals surface area contributed by atoms with Crippen molar-refractivity contribution in [3.05, 3.63) is 0 Å². The highest BCUT2D eigenvalue weighted by atomic mass is 15.1. The quantitative estimate of drug-likeness (QED) is 0.631. The molecule has 0 rings (SSSR count). The molecule has 76 valence electrons. The summed E-state index contributed by atoms with van der Waals surface area (Å²) in [6.45, 7) is 11.5. The van der Waals surface area contributed by atoms with Crippen LogP contribution in [0.2, 0.25) is 0 Å². The second-order valence-corrected chi connectivity index (χ2v) is 4.27. The van der Waals surface area contributed by atoms with Gasteiger partial charge >= 0.3 is 0 Å². The highest BCUT2D eigenvalue weighted by Crippen LogP contribution is 2.15. The molecule has 2 nitrogen and oxygen atoms in total. The third-order valence-corrected chi connectivity index (χ3v) is 2.00. The monoisotopic (exact) mass is 182 g/mol. The van der Waals surface area contributed by atoms with E-state index in [2.05, 4.69) is 24.8 Å². The van der Waals surface area contributed by atoms with Crippen LogP contribution < -0.4 is 0 Å². The topological polar surface area (TPSA) is 27.0 Å². The molecule has 0 aliphatic rings. The molecule has 0 N–H and O–H groups in total. The summed E-state index contributed by atoms with van der Waals surface area (Å²) in [7, 11) is 0. The molecule has 0 fully saturated rings. The minimum Gasteiger partial charge on any atom is -0.302 e. The fraction of sp³-hybridized carbons (Fsp3) is 0.909. The lowest BCUT2D eigenvalue weighted by Crippen LogP contribution is -2.34. The van der Waals surface area contributed by atoms with Gasteiger partial charge in [0, 0.05) is 6.54 Å². The fourth-order valence-corrected chi connectivity index (χ4v) is 1.50. The van der Waals surface area contributed by atoms with Gasteiger partial charge in [0.25, 0.3) is 0 Å². The lowest BCUT2D eigenvalue weighted by atomic mass is 9.95. The van der Waals surface area contributed by atoms with Crippen LogP contribution in [0.15, 0.2) is 0 Å². The summed E-state index contributed by atoms with van der Waals surface area (Å²) in [6.07, 6.45) is 2.34. The maximum absolute atomic E-state index is 8.90. The Morgan fingerprint density at radius 2 is 1.62 bits per heavy atom. The third-order valence-electron chi connectivity index (χ3n) is 2.00. The Morgan fingerprint density at radius 3 is 1.92 bits per heavy atom. The molecule has 0 bridgehead atoms. The van der Waals surface area contributed by atoms with Crippen LogP contribution in [0.25, 0.3) is 0 Å².